The fourth-order valence-electron chi connectivity index (χ4n) is 1.97. The molecule has 0 radical (unpaired) electrons. The quantitative estimate of drug-likeness (QED) is 0.769. The zero-order valence-corrected chi connectivity index (χ0v) is 10.9. The molecule has 0 bridgehead atoms. The van der Waals surface area contributed by atoms with E-state index in [1.165, 1.54) is 18.5 Å². The number of pyridine rings is 1. The first-order valence-electron chi connectivity index (χ1n) is 6.21. The first kappa shape index (κ1) is 12.9. The van der Waals surface area contributed by atoms with E-state index in [2.05, 4.69) is 15.6 Å². The second-order valence-corrected chi connectivity index (χ2v) is 4.46. The van der Waals surface area contributed by atoms with Gasteiger partial charge in [0.1, 0.15) is 5.75 Å². The summed E-state index contributed by atoms with van der Waals surface area (Å²) in [6, 6.07) is 6.53. The van der Waals surface area contributed by atoms with Gasteiger partial charge in [-0.1, -0.05) is 0 Å². The highest BCUT2D eigenvalue weighted by Gasteiger charge is 2.17. The second-order valence-electron chi connectivity index (χ2n) is 4.46. The van der Waals surface area contributed by atoms with Crippen LogP contribution < -0.4 is 21.1 Å². The van der Waals surface area contributed by atoms with Crippen LogP contribution in [0.1, 0.15) is 10.4 Å². The molecule has 1 aromatic carbocycles. The first-order valence-corrected chi connectivity index (χ1v) is 6.21. The summed E-state index contributed by atoms with van der Waals surface area (Å²) in [5.74, 6) is -0.0155. The normalized spacial score (nSPS) is 12.9. The highest BCUT2D eigenvalue weighted by Crippen LogP contribution is 2.30. The summed E-state index contributed by atoms with van der Waals surface area (Å²) in [6.07, 6.45) is 2.90. The van der Waals surface area contributed by atoms with Crippen LogP contribution >= 0.6 is 0 Å². The maximum absolute atomic E-state index is 12.1. The maximum atomic E-state index is 12.1. The Morgan fingerprint density at radius 1 is 1.38 bits per heavy atom. The Morgan fingerprint density at radius 3 is 3.05 bits per heavy atom. The number of ether oxygens (including phenoxy) is 1. The fraction of sp³-hybridized carbons (Fsp3) is 0.0714. The van der Waals surface area contributed by atoms with Crippen molar-refractivity contribution in [2.75, 3.05) is 23.0 Å². The third kappa shape index (κ3) is 2.62. The number of carbonyl (C=O) groups is 2. The van der Waals surface area contributed by atoms with Gasteiger partial charge in [-0.15, -0.1) is 0 Å². The highest BCUT2D eigenvalue weighted by molar-refractivity contribution is 6.08. The predicted molar refractivity (Wildman–Crippen MR) is 77.2 cm³/mol. The Bertz CT molecular complexity index is 730. The van der Waals surface area contributed by atoms with Crippen molar-refractivity contribution >= 4 is 28.9 Å². The van der Waals surface area contributed by atoms with Gasteiger partial charge in [0.25, 0.3) is 11.8 Å². The van der Waals surface area contributed by atoms with E-state index in [-0.39, 0.29) is 18.4 Å². The molecule has 106 valence electrons. The molecule has 0 aliphatic carbocycles. The summed E-state index contributed by atoms with van der Waals surface area (Å²) in [6.45, 7) is -0.00768. The SMILES string of the molecule is Nc1cnccc1C(=O)Nc1ccc2c(c1)NC(=O)CO2. The molecule has 0 spiro atoms. The van der Waals surface area contributed by atoms with Gasteiger partial charge < -0.3 is 21.1 Å². The maximum Gasteiger partial charge on any atom is 0.262 e. The van der Waals surface area contributed by atoms with E-state index < -0.39 is 0 Å². The van der Waals surface area contributed by atoms with E-state index in [1.807, 2.05) is 0 Å². The number of nitrogen functional groups attached to an aromatic ring is 1. The second kappa shape index (κ2) is 5.12. The fourth-order valence-corrected chi connectivity index (χ4v) is 1.97. The van der Waals surface area contributed by atoms with Crippen LogP contribution in [0, 0.1) is 0 Å². The zero-order valence-electron chi connectivity index (χ0n) is 10.9. The third-order valence-electron chi connectivity index (χ3n) is 2.97. The highest BCUT2D eigenvalue weighted by atomic mass is 16.5. The summed E-state index contributed by atoms with van der Waals surface area (Å²) in [7, 11) is 0. The van der Waals surface area contributed by atoms with Gasteiger partial charge in [-0.05, 0) is 24.3 Å². The Morgan fingerprint density at radius 2 is 2.24 bits per heavy atom. The molecule has 0 atom stereocenters. The van der Waals surface area contributed by atoms with Crippen LogP contribution in [0.5, 0.6) is 5.75 Å². The van der Waals surface area contributed by atoms with Crippen LogP contribution in [0.15, 0.2) is 36.7 Å². The number of nitrogens with two attached hydrogens (primary N) is 1. The van der Waals surface area contributed by atoms with E-state index >= 15 is 0 Å². The average Bonchev–Trinajstić information content (AvgIpc) is 2.47. The molecule has 2 aromatic rings. The lowest BCUT2D eigenvalue weighted by molar-refractivity contribution is -0.118. The summed E-state index contributed by atoms with van der Waals surface area (Å²) < 4.78 is 5.25. The van der Waals surface area contributed by atoms with E-state index in [0.29, 0.717) is 28.4 Å². The molecular formula is C14H12N4O3. The molecule has 0 unspecified atom stereocenters. The lowest BCUT2D eigenvalue weighted by Gasteiger charge is -2.18. The van der Waals surface area contributed by atoms with Gasteiger partial charge in [-0.3, -0.25) is 14.6 Å². The first-order chi connectivity index (χ1) is 10.1. The number of carbonyl (C=O) groups excluding carboxylic acids is 2. The number of nitrogens with one attached hydrogen (secondary N) is 2. The molecule has 21 heavy (non-hydrogen) atoms. The van der Waals surface area contributed by atoms with Crippen molar-refractivity contribution in [3.05, 3.63) is 42.2 Å². The van der Waals surface area contributed by atoms with E-state index in [1.54, 1.807) is 18.2 Å². The minimum Gasteiger partial charge on any atom is -0.482 e. The van der Waals surface area contributed by atoms with Crippen LogP contribution in [0.25, 0.3) is 0 Å². The molecule has 3 rings (SSSR count). The van der Waals surface area contributed by atoms with E-state index in [4.69, 9.17) is 10.5 Å². The Labute approximate surface area is 120 Å². The van der Waals surface area contributed by atoms with Crippen LogP contribution in [0.2, 0.25) is 0 Å². The molecule has 0 fully saturated rings. The minimum absolute atomic E-state index is 0.00768. The smallest absolute Gasteiger partial charge is 0.262 e. The molecule has 1 aliphatic heterocycles. The monoisotopic (exact) mass is 284 g/mol. The molecule has 2 amide bonds. The van der Waals surface area contributed by atoms with Crippen molar-refractivity contribution in [1.82, 2.24) is 4.98 Å². The number of fused-ring (bicyclic) bond motifs is 1. The third-order valence-corrected chi connectivity index (χ3v) is 2.97. The van der Waals surface area contributed by atoms with Crippen molar-refractivity contribution < 1.29 is 14.3 Å². The molecular weight excluding hydrogens is 272 g/mol. The summed E-state index contributed by atoms with van der Waals surface area (Å²) in [5.41, 5.74) is 7.38. The van der Waals surface area contributed by atoms with Crippen LogP contribution in [0.3, 0.4) is 0 Å². The molecule has 0 saturated carbocycles. The number of aromatic nitrogens is 1. The summed E-state index contributed by atoms with van der Waals surface area (Å²) in [5, 5.41) is 5.39. The summed E-state index contributed by atoms with van der Waals surface area (Å²) >= 11 is 0. The minimum atomic E-state index is -0.349. The standard InChI is InChI=1S/C14H12N4O3/c15-10-6-16-4-3-9(10)14(20)17-8-1-2-12-11(5-8)18-13(19)7-21-12/h1-6H,7,15H2,(H,17,20)(H,18,19). The van der Waals surface area contributed by atoms with Gasteiger partial charge in [0.05, 0.1) is 23.1 Å². The number of hydrogen-bond donors (Lipinski definition) is 3. The number of benzene rings is 1. The predicted octanol–water partition coefficient (Wildman–Crippen LogP) is 1.25. The molecule has 0 saturated heterocycles. The van der Waals surface area contributed by atoms with Crippen LogP contribution in [-0.2, 0) is 4.79 Å². The average molecular weight is 284 g/mol. The molecule has 4 N–H and O–H groups in total. The number of anilines is 3. The van der Waals surface area contributed by atoms with Crippen LogP contribution in [-0.4, -0.2) is 23.4 Å². The van der Waals surface area contributed by atoms with Gasteiger partial charge in [-0.2, -0.15) is 0 Å². The topological polar surface area (TPSA) is 106 Å². The van der Waals surface area contributed by atoms with Gasteiger partial charge in [-0.25, -0.2) is 0 Å². The van der Waals surface area contributed by atoms with Crippen molar-refractivity contribution in [2.45, 2.75) is 0 Å². The van der Waals surface area contributed by atoms with Gasteiger partial charge >= 0.3 is 0 Å². The van der Waals surface area contributed by atoms with Crippen molar-refractivity contribution in [3.63, 3.8) is 0 Å². The largest absolute Gasteiger partial charge is 0.482 e. The number of nitrogens with zero attached hydrogens (tertiary/aromatic N) is 1. The molecule has 1 aliphatic rings. The van der Waals surface area contributed by atoms with E-state index in [0.717, 1.165) is 0 Å². The zero-order chi connectivity index (χ0) is 14.8. The van der Waals surface area contributed by atoms with Gasteiger partial charge in [0.15, 0.2) is 6.61 Å². The number of hydrogen-bond acceptors (Lipinski definition) is 5. The molecule has 7 nitrogen and oxygen atoms in total. The van der Waals surface area contributed by atoms with Gasteiger partial charge in [0.2, 0.25) is 0 Å². The van der Waals surface area contributed by atoms with Crippen molar-refractivity contribution in [1.29, 1.82) is 0 Å². The summed E-state index contributed by atoms with van der Waals surface area (Å²) in [4.78, 5) is 27.2. The molecule has 2 heterocycles. The Hall–Kier alpha value is -3.09. The van der Waals surface area contributed by atoms with Crippen LogP contribution in [0.4, 0.5) is 17.1 Å². The van der Waals surface area contributed by atoms with E-state index in [9.17, 15) is 9.59 Å². The molecule has 1 aromatic heterocycles. The Balaban J connectivity index is 1.82. The van der Waals surface area contributed by atoms with Crippen molar-refractivity contribution in [2.24, 2.45) is 0 Å². The van der Waals surface area contributed by atoms with Gasteiger partial charge in [0, 0.05) is 11.9 Å². The number of amides is 2. The van der Waals surface area contributed by atoms with Crippen molar-refractivity contribution in [3.8, 4) is 5.75 Å². The lowest BCUT2D eigenvalue weighted by atomic mass is 10.2. The lowest BCUT2D eigenvalue weighted by Crippen LogP contribution is -2.25. The number of rotatable bonds is 2. The molecule has 7 heteroatoms. The Kier molecular flexibility index (Phi) is 3.15.